The van der Waals surface area contributed by atoms with Gasteiger partial charge in [-0.2, -0.15) is 0 Å². The maximum atomic E-state index is 11.9. The minimum Gasteiger partial charge on any atom is -0.340 e. The monoisotopic (exact) mass is 355 g/mol. The Bertz CT molecular complexity index is 858. The molecule has 3 aromatic rings. The lowest BCUT2D eigenvalue weighted by Crippen LogP contribution is -2.45. The smallest absolute Gasteiger partial charge is 0.333 e. The van der Waals surface area contributed by atoms with Gasteiger partial charge in [0.2, 0.25) is 0 Å². The van der Waals surface area contributed by atoms with Gasteiger partial charge in [-0.05, 0) is 36.4 Å². The van der Waals surface area contributed by atoms with Crippen LogP contribution in [0.4, 0.5) is 4.79 Å². The maximum Gasteiger partial charge on any atom is 0.333 e. The molecule has 0 spiro atoms. The van der Waals surface area contributed by atoms with Gasteiger partial charge in [0.15, 0.2) is 0 Å². The summed E-state index contributed by atoms with van der Waals surface area (Å²) < 4.78 is 1.99. The van der Waals surface area contributed by atoms with E-state index in [4.69, 9.17) is 0 Å². The van der Waals surface area contributed by atoms with E-state index in [1.807, 2.05) is 47.1 Å². The van der Waals surface area contributed by atoms with Gasteiger partial charge < -0.3 is 9.72 Å². The van der Waals surface area contributed by atoms with Crippen LogP contribution in [0.3, 0.4) is 0 Å². The topological polar surface area (TPSA) is 87.5 Å². The number of rotatable bonds is 4. The Balaban J connectivity index is 1.57. The number of thioether (sulfide) groups is 1. The second-order valence-corrected chi connectivity index (χ2v) is 6.22. The largest absolute Gasteiger partial charge is 0.340 e. The second-order valence-electron chi connectivity index (χ2n) is 5.17. The van der Waals surface area contributed by atoms with Crippen LogP contribution in [0.2, 0.25) is 0 Å². The Hall–Kier alpha value is -3.00. The number of imidazole rings is 1. The van der Waals surface area contributed by atoms with E-state index in [9.17, 15) is 9.59 Å². The summed E-state index contributed by atoms with van der Waals surface area (Å²) in [6.07, 6.45) is 3.98. The Morgan fingerprint density at radius 2 is 1.92 bits per heavy atom. The van der Waals surface area contributed by atoms with Gasteiger partial charge in [0.1, 0.15) is 5.65 Å². The summed E-state index contributed by atoms with van der Waals surface area (Å²) in [6.45, 7) is 0. The zero-order chi connectivity index (χ0) is 17.6. The van der Waals surface area contributed by atoms with Crippen LogP contribution >= 0.6 is 11.8 Å². The number of aromatic nitrogens is 2. The first-order chi connectivity index (χ1) is 12.2. The lowest BCUT2D eigenvalue weighted by molar-refractivity contribution is 0.0936. The summed E-state index contributed by atoms with van der Waals surface area (Å²) in [7, 11) is 1.47. The van der Waals surface area contributed by atoms with Crippen molar-refractivity contribution in [3.8, 4) is 0 Å². The predicted octanol–water partition coefficient (Wildman–Crippen LogP) is 2.20. The summed E-state index contributed by atoms with van der Waals surface area (Å²) in [6, 6.07) is 12.6. The van der Waals surface area contributed by atoms with Crippen LogP contribution in [0.15, 0.2) is 59.8 Å². The molecule has 25 heavy (non-hydrogen) atoms. The van der Waals surface area contributed by atoms with Gasteiger partial charge in [-0.25, -0.2) is 15.2 Å². The highest BCUT2D eigenvalue weighted by molar-refractivity contribution is 7.98. The van der Waals surface area contributed by atoms with Crippen LogP contribution in [0, 0.1) is 0 Å². The van der Waals surface area contributed by atoms with Gasteiger partial charge in [-0.15, -0.1) is 11.8 Å². The molecule has 3 N–H and O–H groups in total. The fraction of sp³-hybridized carbons (Fsp3) is 0.118. The van der Waals surface area contributed by atoms with Crippen molar-refractivity contribution in [2.45, 2.75) is 10.6 Å². The van der Waals surface area contributed by atoms with E-state index in [1.165, 1.54) is 7.05 Å². The molecule has 0 aliphatic heterocycles. The molecule has 0 aliphatic carbocycles. The first kappa shape index (κ1) is 16.8. The van der Waals surface area contributed by atoms with E-state index in [1.54, 1.807) is 23.9 Å². The van der Waals surface area contributed by atoms with Gasteiger partial charge in [-0.3, -0.25) is 10.2 Å². The van der Waals surface area contributed by atoms with Crippen molar-refractivity contribution >= 4 is 29.3 Å². The van der Waals surface area contributed by atoms with Crippen LogP contribution < -0.4 is 16.2 Å². The molecule has 0 unspecified atom stereocenters. The van der Waals surface area contributed by atoms with Crippen molar-refractivity contribution in [2.24, 2.45) is 0 Å². The van der Waals surface area contributed by atoms with Crippen LogP contribution in [0.1, 0.15) is 16.1 Å². The van der Waals surface area contributed by atoms with Gasteiger partial charge in [0.25, 0.3) is 5.91 Å². The summed E-state index contributed by atoms with van der Waals surface area (Å²) in [5, 5.41) is 2.35. The molecule has 2 heterocycles. The summed E-state index contributed by atoms with van der Waals surface area (Å²) in [5.74, 6) is 0.367. The molecule has 0 saturated heterocycles. The predicted molar refractivity (Wildman–Crippen MR) is 96.3 cm³/mol. The summed E-state index contributed by atoms with van der Waals surface area (Å²) in [5.41, 5.74) is 6.94. The van der Waals surface area contributed by atoms with Crippen molar-refractivity contribution < 1.29 is 9.59 Å². The molecule has 0 fully saturated rings. The number of carbonyl (C=O) groups excluding carboxylic acids is 2. The zero-order valence-electron chi connectivity index (χ0n) is 13.5. The number of hydrogen-bond acceptors (Lipinski definition) is 4. The van der Waals surface area contributed by atoms with Crippen molar-refractivity contribution in [1.29, 1.82) is 0 Å². The molecular formula is C17H17N5O2S. The van der Waals surface area contributed by atoms with Crippen molar-refractivity contribution in [2.75, 3.05) is 7.05 Å². The fourth-order valence-electron chi connectivity index (χ4n) is 2.16. The first-order valence-electron chi connectivity index (χ1n) is 7.59. The minimum atomic E-state index is -0.479. The third-order valence-electron chi connectivity index (χ3n) is 3.43. The van der Waals surface area contributed by atoms with Crippen LogP contribution in [-0.2, 0) is 5.75 Å². The van der Waals surface area contributed by atoms with Gasteiger partial charge in [0.05, 0.1) is 5.69 Å². The lowest BCUT2D eigenvalue weighted by Gasteiger charge is -2.07. The Labute approximate surface area is 148 Å². The molecule has 0 bridgehead atoms. The number of pyridine rings is 1. The molecule has 0 saturated carbocycles. The molecular weight excluding hydrogens is 338 g/mol. The van der Waals surface area contributed by atoms with Gasteiger partial charge in [0, 0.05) is 35.7 Å². The number of fused-ring (bicyclic) bond motifs is 1. The van der Waals surface area contributed by atoms with Crippen LogP contribution in [0.5, 0.6) is 0 Å². The number of hydrogen-bond donors (Lipinski definition) is 3. The van der Waals surface area contributed by atoms with Gasteiger partial charge >= 0.3 is 6.03 Å². The fourth-order valence-corrected chi connectivity index (χ4v) is 2.95. The molecule has 1 aromatic carbocycles. The van der Waals surface area contributed by atoms with Crippen LogP contribution in [0.25, 0.3) is 5.65 Å². The standard InChI is InChI=1S/C17H17N5O2S/c1-18-17(24)21-20-16(23)12-5-7-14(8-6-12)25-11-13-10-22-9-3-2-4-15(22)19-13/h2-10H,11H2,1H3,(H,20,23)(H2,18,21,24). The number of carbonyl (C=O) groups is 2. The van der Waals surface area contributed by atoms with Crippen molar-refractivity contribution in [1.82, 2.24) is 25.6 Å². The third-order valence-corrected chi connectivity index (χ3v) is 4.48. The number of urea groups is 1. The van der Waals surface area contributed by atoms with E-state index in [-0.39, 0.29) is 5.91 Å². The molecule has 7 nitrogen and oxygen atoms in total. The number of hydrazine groups is 1. The molecule has 8 heteroatoms. The third kappa shape index (κ3) is 4.30. The van der Waals surface area contributed by atoms with Crippen molar-refractivity contribution in [3.05, 3.63) is 66.1 Å². The zero-order valence-corrected chi connectivity index (χ0v) is 14.3. The summed E-state index contributed by atoms with van der Waals surface area (Å²) >= 11 is 1.64. The molecule has 2 aromatic heterocycles. The SMILES string of the molecule is CNC(=O)NNC(=O)c1ccc(SCc2cn3ccccc3n2)cc1. The minimum absolute atomic E-state index is 0.375. The van der Waals surface area contributed by atoms with Crippen molar-refractivity contribution in [3.63, 3.8) is 0 Å². The lowest BCUT2D eigenvalue weighted by atomic mass is 10.2. The molecule has 0 aliphatic rings. The number of benzene rings is 1. The molecule has 3 rings (SSSR count). The van der Waals surface area contributed by atoms with Crippen LogP contribution in [-0.4, -0.2) is 28.4 Å². The highest BCUT2D eigenvalue weighted by Crippen LogP contribution is 2.23. The molecule has 3 amide bonds. The highest BCUT2D eigenvalue weighted by atomic mass is 32.2. The normalized spacial score (nSPS) is 10.4. The quantitative estimate of drug-likeness (QED) is 0.495. The molecule has 128 valence electrons. The number of nitrogens with zero attached hydrogens (tertiary/aromatic N) is 2. The first-order valence-corrected chi connectivity index (χ1v) is 8.58. The van der Waals surface area contributed by atoms with Gasteiger partial charge in [-0.1, -0.05) is 6.07 Å². The Morgan fingerprint density at radius 3 is 2.64 bits per heavy atom. The van der Waals surface area contributed by atoms with E-state index in [0.29, 0.717) is 5.56 Å². The Morgan fingerprint density at radius 1 is 1.12 bits per heavy atom. The van der Waals surface area contributed by atoms with E-state index in [0.717, 1.165) is 22.0 Å². The number of amides is 3. The average Bonchev–Trinajstić information content (AvgIpc) is 3.07. The molecule has 0 radical (unpaired) electrons. The maximum absolute atomic E-state index is 11.9. The second kappa shape index (κ2) is 7.71. The average molecular weight is 355 g/mol. The number of nitrogens with one attached hydrogen (secondary N) is 3. The van der Waals surface area contributed by atoms with E-state index >= 15 is 0 Å². The molecule has 0 atom stereocenters. The van der Waals surface area contributed by atoms with E-state index in [2.05, 4.69) is 21.2 Å². The van der Waals surface area contributed by atoms with E-state index < -0.39 is 6.03 Å². The highest BCUT2D eigenvalue weighted by Gasteiger charge is 2.07. The summed E-state index contributed by atoms with van der Waals surface area (Å²) in [4.78, 5) is 28.5. The Kier molecular flexibility index (Phi) is 5.20.